The average molecular weight is 277 g/mol. The van der Waals surface area contributed by atoms with Crippen LogP contribution in [0.1, 0.15) is 26.2 Å². The molecule has 2 rings (SSSR count). The maximum atomic E-state index is 12.1. The van der Waals surface area contributed by atoms with E-state index in [0.717, 1.165) is 13.0 Å². The zero-order chi connectivity index (χ0) is 14.5. The van der Waals surface area contributed by atoms with Crippen LogP contribution in [0.15, 0.2) is 18.2 Å². The Balaban J connectivity index is 1.93. The highest BCUT2D eigenvalue weighted by atomic mass is 16.5. The quantitative estimate of drug-likeness (QED) is 0.749. The van der Waals surface area contributed by atoms with Gasteiger partial charge in [0.25, 0.3) is 0 Å². The van der Waals surface area contributed by atoms with Crippen LogP contribution in [0.2, 0.25) is 0 Å². The minimum Gasteiger partial charge on any atom is -0.497 e. The molecule has 0 spiro atoms. The zero-order valence-corrected chi connectivity index (χ0v) is 12.2. The molecule has 0 aromatic heterocycles. The molecule has 5 nitrogen and oxygen atoms in total. The first-order chi connectivity index (χ1) is 9.63. The molecular weight excluding hydrogens is 254 g/mol. The Bertz CT molecular complexity index is 472. The largest absolute Gasteiger partial charge is 0.497 e. The maximum absolute atomic E-state index is 12.1. The molecule has 1 aliphatic rings. The second-order valence-corrected chi connectivity index (χ2v) is 5.20. The second-order valence-electron chi connectivity index (χ2n) is 5.20. The van der Waals surface area contributed by atoms with Gasteiger partial charge >= 0.3 is 0 Å². The van der Waals surface area contributed by atoms with Gasteiger partial charge in [-0.05, 0) is 37.9 Å². The SMILES string of the molecule is CCCN(CC(=O)Nc1ccc(OC)cc1N)C1CC1. The standard InChI is InChI=1S/C15H23N3O2/c1-3-8-18(11-4-5-11)10-15(19)17-14-7-6-12(20-2)9-13(14)16/h6-7,9,11H,3-5,8,10,16H2,1-2H3,(H,17,19). The Morgan fingerprint density at radius 3 is 2.80 bits per heavy atom. The van der Waals surface area contributed by atoms with Crippen LogP contribution >= 0.6 is 0 Å². The van der Waals surface area contributed by atoms with E-state index in [1.54, 1.807) is 25.3 Å². The van der Waals surface area contributed by atoms with Crippen molar-refractivity contribution in [3.05, 3.63) is 18.2 Å². The number of nitrogens with two attached hydrogens (primary N) is 1. The summed E-state index contributed by atoms with van der Waals surface area (Å²) in [6.45, 7) is 3.54. The van der Waals surface area contributed by atoms with Gasteiger partial charge in [0.1, 0.15) is 5.75 Å². The van der Waals surface area contributed by atoms with Gasteiger partial charge in [0.2, 0.25) is 5.91 Å². The Kier molecular flexibility index (Phi) is 4.84. The predicted octanol–water partition coefficient (Wildman–Crippen LogP) is 2.09. The van der Waals surface area contributed by atoms with Crippen LogP contribution in [-0.2, 0) is 4.79 Å². The first-order valence-electron chi connectivity index (χ1n) is 7.11. The predicted molar refractivity (Wildman–Crippen MR) is 80.9 cm³/mol. The van der Waals surface area contributed by atoms with Crippen molar-refractivity contribution in [2.75, 3.05) is 31.2 Å². The van der Waals surface area contributed by atoms with Crippen molar-refractivity contribution in [2.45, 2.75) is 32.2 Å². The lowest BCUT2D eigenvalue weighted by Crippen LogP contribution is -2.35. The number of carbonyl (C=O) groups is 1. The van der Waals surface area contributed by atoms with Gasteiger partial charge in [0, 0.05) is 12.1 Å². The molecule has 0 aliphatic heterocycles. The summed E-state index contributed by atoms with van der Waals surface area (Å²) in [4.78, 5) is 14.3. The van der Waals surface area contributed by atoms with E-state index in [2.05, 4.69) is 17.1 Å². The van der Waals surface area contributed by atoms with Gasteiger partial charge < -0.3 is 15.8 Å². The number of rotatable bonds is 7. The van der Waals surface area contributed by atoms with Crippen molar-refractivity contribution in [3.63, 3.8) is 0 Å². The molecule has 1 fully saturated rings. The third kappa shape index (κ3) is 3.87. The number of ether oxygens (including phenoxy) is 1. The topological polar surface area (TPSA) is 67.6 Å². The van der Waals surface area contributed by atoms with Gasteiger partial charge in [-0.2, -0.15) is 0 Å². The first kappa shape index (κ1) is 14.7. The van der Waals surface area contributed by atoms with Crippen molar-refractivity contribution in [2.24, 2.45) is 0 Å². The number of carbonyl (C=O) groups excluding carboxylic acids is 1. The molecule has 1 aliphatic carbocycles. The van der Waals surface area contributed by atoms with Gasteiger partial charge in [0.15, 0.2) is 0 Å². The van der Waals surface area contributed by atoms with Crippen LogP contribution in [0.25, 0.3) is 0 Å². The second kappa shape index (κ2) is 6.61. The molecular formula is C15H23N3O2. The normalized spacial score (nSPS) is 14.3. The van der Waals surface area contributed by atoms with E-state index in [1.807, 2.05) is 0 Å². The van der Waals surface area contributed by atoms with Crippen LogP contribution in [0.3, 0.4) is 0 Å². The Labute approximate surface area is 120 Å². The third-order valence-electron chi connectivity index (χ3n) is 3.45. The molecule has 110 valence electrons. The summed E-state index contributed by atoms with van der Waals surface area (Å²) in [6.07, 6.45) is 3.48. The fourth-order valence-electron chi connectivity index (χ4n) is 2.27. The van der Waals surface area contributed by atoms with E-state index in [-0.39, 0.29) is 5.91 Å². The van der Waals surface area contributed by atoms with Gasteiger partial charge in [-0.15, -0.1) is 0 Å². The number of nitrogens with zero attached hydrogens (tertiary/aromatic N) is 1. The number of amides is 1. The van der Waals surface area contributed by atoms with E-state index >= 15 is 0 Å². The molecule has 0 unspecified atom stereocenters. The highest BCUT2D eigenvalue weighted by Crippen LogP contribution is 2.27. The fraction of sp³-hybridized carbons (Fsp3) is 0.533. The van der Waals surface area contributed by atoms with Crippen LogP contribution in [0.5, 0.6) is 5.75 Å². The van der Waals surface area contributed by atoms with Crippen molar-refractivity contribution in [1.82, 2.24) is 4.90 Å². The average Bonchev–Trinajstić information content (AvgIpc) is 3.25. The van der Waals surface area contributed by atoms with E-state index < -0.39 is 0 Å². The zero-order valence-electron chi connectivity index (χ0n) is 12.2. The van der Waals surface area contributed by atoms with Crippen molar-refractivity contribution in [1.29, 1.82) is 0 Å². The molecule has 5 heteroatoms. The van der Waals surface area contributed by atoms with Crippen LogP contribution in [0.4, 0.5) is 11.4 Å². The molecule has 1 aromatic rings. The summed E-state index contributed by atoms with van der Waals surface area (Å²) in [6, 6.07) is 5.86. The number of hydrogen-bond acceptors (Lipinski definition) is 4. The van der Waals surface area contributed by atoms with Crippen molar-refractivity contribution >= 4 is 17.3 Å². The number of nitrogens with one attached hydrogen (secondary N) is 1. The molecule has 1 amide bonds. The lowest BCUT2D eigenvalue weighted by molar-refractivity contribution is -0.117. The minimum atomic E-state index is -0.0118. The Hall–Kier alpha value is -1.75. The number of anilines is 2. The first-order valence-corrected chi connectivity index (χ1v) is 7.11. The van der Waals surface area contributed by atoms with E-state index in [0.29, 0.717) is 29.7 Å². The van der Waals surface area contributed by atoms with Gasteiger partial charge in [0.05, 0.1) is 25.0 Å². The number of benzene rings is 1. The number of methoxy groups -OCH3 is 1. The molecule has 0 heterocycles. The van der Waals surface area contributed by atoms with Crippen molar-refractivity contribution in [3.8, 4) is 5.75 Å². The molecule has 0 atom stereocenters. The van der Waals surface area contributed by atoms with Gasteiger partial charge in [-0.3, -0.25) is 9.69 Å². The van der Waals surface area contributed by atoms with Gasteiger partial charge in [-0.1, -0.05) is 6.92 Å². The third-order valence-corrected chi connectivity index (χ3v) is 3.45. The summed E-state index contributed by atoms with van der Waals surface area (Å²) < 4.78 is 5.09. The van der Waals surface area contributed by atoms with E-state index in [9.17, 15) is 4.79 Å². The maximum Gasteiger partial charge on any atom is 0.238 e. The Morgan fingerprint density at radius 1 is 1.50 bits per heavy atom. The summed E-state index contributed by atoms with van der Waals surface area (Å²) in [5.74, 6) is 0.674. The lowest BCUT2D eigenvalue weighted by atomic mass is 10.2. The molecule has 1 saturated carbocycles. The van der Waals surface area contributed by atoms with E-state index in [4.69, 9.17) is 10.5 Å². The monoisotopic (exact) mass is 277 g/mol. The van der Waals surface area contributed by atoms with Crippen LogP contribution in [-0.4, -0.2) is 37.0 Å². The summed E-state index contributed by atoms with van der Waals surface area (Å²) in [5, 5.41) is 2.87. The molecule has 3 N–H and O–H groups in total. The minimum absolute atomic E-state index is 0.0118. The molecule has 0 saturated heterocycles. The highest BCUT2D eigenvalue weighted by molar-refractivity contribution is 5.95. The summed E-state index contributed by atoms with van der Waals surface area (Å²) >= 11 is 0. The van der Waals surface area contributed by atoms with Gasteiger partial charge in [-0.25, -0.2) is 0 Å². The summed E-state index contributed by atoms with van der Waals surface area (Å²) in [5.41, 5.74) is 7.06. The smallest absolute Gasteiger partial charge is 0.238 e. The number of hydrogen-bond donors (Lipinski definition) is 2. The van der Waals surface area contributed by atoms with Crippen molar-refractivity contribution < 1.29 is 9.53 Å². The molecule has 0 bridgehead atoms. The fourth-order valence-corrected chi connectivity index (χ4v) is 2.27. The molecule has 1 aromatic carbocycles. The highest BCUT2D eigenvalue weighted by Gasteiger charge is 2.29. The Morgan fingerprint density at radius 2 is 2.25 bits per heavy atom. The molecule has 20 heavy (non-hydrogen) atoms. The number of nitrogen functional groups attached to an aromatic ring is 1. The summed E-state index contributed by atoms with van der Waals surface area (Å²) in [7, 11) is 1.59. The van der Waals surface area contributed by atoms with Crippen LogP contribution in [0, 0.1) is 0 Å². The van der Waals surface area contributed by atoms with E-state index in [1.165, 1.54) is 12.8 Å². The van der Waals surface area contributed by atoms with Crippen LogP contribution < -0.4 is 15.8 Å². The lowest BCUT2D eigenvalue weighted by Gasteiger charge is -2.20. The molecule has 0 radical (unpaired) electrons.